The number of phosphoric acid groups is 1. The summed E-state index contributed by atoms with van der Waals surface area (Å²) in [6.45, 7) is 4.06. The number of rotatable bonds is 44. The molecule has 10 heteroatoms. The van der Waals surface area contributed by atoms with Crippen LogP contribution in [0, 0.1) is 0 Å². The Labute approximate surface area is 346 Å². The Morgan fingerprint density at radius 1 is 0.482 bits per heavy atom. The van der Waals surface area contributed by atoms with Crippen LogP contribution in [0.25, 0.3) is 0 Å². The molecule has 0 fully saturated rings. The molecule has 0 amide bonds. The largest absolute Gasteiger partial charge is 0.472 e. The van der Waals surface area contributed by atoms with Gasteiger partial charge in [-0.2, -0.15) is 0 Å². The van der Waals surface area contributed by atoms with Crippen molar-refractivity contribution < 1.29 is 42.1 Å². The van der Waals surface area contributed by atoms with Crippen molar-refractivity contribution in [1.29, 1.82) is 0 Å². The number of quaternary nitrogens is 1. The van der Waals surface area contributed by atoms with Crippen LogP contribution in [0.2, 0.25) is 0 Å². The van der Waals surface area contributed by atoms with Gasteiger partial charge in [-0.25, -0.2) is 4.57 Å². The Kier molecular flexibility index (Phi) is 38.8. The van der Waals surface area contributed by atoms with E-state index >= 15 is 0 Å². The van der Waals surface area contributed by atoms with E-state index in [4.69, 9.17) is 18.5 Å². The molecule has 334 valence electrons. The second-order valence-electron chi connectivity index (χ2n) is 17.5. The number of ether oxygens (including phenoxy) is 2. The lowest BCUT2D eigenvalue weighted by Crippen LogP contribution is -2.37. The van der Waals surface area contributed by atoms with E-state index in [0.29, 0.717) is 23.9 Å². The molecule has 1 N–H and O–H groups in total. The van der Waals surface area contributed by atoms with Gasteiger partial charge >= 0.3 is 19.8 Å². The third-order valence-electron chi connectivity index (χ3n) is 10.6. The van der Waals surface area contributed by atoms with Gasteiger partial charge in [-0.3, -0.25) is 18.6 Å². The standard InChI is InChI=1S/C46H92NO8P/c1-6-8-9-10-11-12-13-14-15-16-17-18-19-20-21-22-23-24-25-26-27-28-29-30-31-32-33-34-35-36-37-39-45(48)52-42-44(55-46(49)38-7-2)43-54-56(50,51)53-41-40-47(3,4)5/h44H,6-43H2,1-5H3/p+1/t44-/m1/s1. The van der Waals surface area contributed by atoms with Gasteiger partial charge in [0.15, 0.2) is 6.10 Å². The fourth-order valence-electron chi connectivity index (χ4n) is 6.94. The van der Waals surface area contributed by atoms with Crippen LogP contribution in [0.1, 0.15) is 232 Å². The molecule has 56 heavy (non-hydrogen) atoms. The highest BCUT2D eigenvalue weighted by Crippen LogP contribution is 2.43. The van der Waals surface area contributed by atoms with E-state index < -0.39 is 26.5 Å². The van der Waals surface area contributed by atoms with E-state index in [2.05, 4.69) is 6.92 Å². The number of hydrogen-bond acceptors (Lipinski definition) is 7. The highest BCUT2D eigenvalue weighted by molar-refractivity contribution is 7.47. The highest BCUT2D eigenvalue weighted by Gasteiger charge is 2.27. The van der Waals surface area contributed by atoms with Crippen LogP contribution < -0.4 is 0 Å². The molecule has 1 unspecified atom stereocenters. The number of phosphoric ester groups is 1. The number of carbonyl (C=O) groups excluding carboxylic acids is 2. The third-order valence-corrected chi connectivity index (χ3v) is 11.6. The molecular weight excluding hydrogens is 725 g/mol. The average molecular weight is 819 g/mol. The molecule has 2 atom stereocenters. The number of likely N-dealkylation sites (N-methyl/N-ethyl adjacent to an activating group) is 1. The SMILES string of the molecule is CCCCCCCCCCCCCCCCCCCCCCCCCCCCCCCCCC(=O)OC[C@H](COP(=O)(O)OCC[N+](C)(C)C)OC(=O)CCC. The van der Waals surface area contributed by atoms with E-state index in [0.717, 1.165) is 19.3 Å². The summed E-state index contributed by atoms with van der Waals surface area (Å²) in [5, 5.41) is 0. The highest BCUT2D eigenvalue weighted by atomic mass is 31.2. The lowest BCUT2D eigenvalue weighted by Gasteiger charge is -2.24. The first-order chi connectivity index (χ1) is 27.0. The fourth-order valence-corrected chi connectivity index (χ4v) is 7.68. The molecule has 0 saturated carbocycles. The second kappa shape index (κ2) is 39.5. The van der Waals surface area contributed by atoms with Crippen LogP contribution in [0.4, 0.5) is 0 Å². The Hall–Kier alpha value is -0.990. The van der Waals surface area contributed by atoms with Gasteiger partial charge in [0.05, 0.1) is 27.7 Å². The van der Waals surface area contributed by atoms with Crippen molar-refractivity contribution in [2.24, 2.45) is 0 Å². The summed E-state index contributed by atoms with van der Waals surface area (Å²) in [5.74, 6) is -0.847. The summed E-state index contributed by atoms with van der Waals surface area (Å²) in [4.78, 5) is 34.4. The van der Waals surface area contributed by atoms with Crippen LogP contribution in [0.15, 0.2) is 0 Å². The molecule has 0 saturated heterocycles. The number of hydrogen-bond donors (Lipinski definition) is 1. The summed E-state index contributed by atoms with van der Waals surface area (Å²) < 4.78 is 33.6. The monoisotopic (exact) mass is 819 g/mol. The van der Waals surface area contributed by atoms with Gasteiger partial charge in [0, 0.05) is 12.8 Å². The predicted molar refractivity (Wildman–Crippen MR) is 234 cm³/mol. The van der Waals surface area contributed by atoms with E-state index in [1.807, 2.05) is 28.1 Å². The molecule has 0 spiro atoms. The van der Waals surface area contributed by atoms with Crippen molar-refractivity contribution in [2.45, 2.75) is 238 Å². The minimum atomic E-state index is -4.34. The summed E-state index contributed by atoms with van der Waals surface area (Å²) in [6, 6.07) is 0. The molecule has 0 bridgehead atoms. The van der Waals surface area contributed by atoms with Crippen LogP contribution in [0.3, 0.4) is 0 Å². The van der Waals surface area contributed by atoms with Gasteiger partial charge in [0.25, 0.3) is 0 Å². The molecule has 0 aliphatic rings. The van der Waals surface area contributed by atoms with Gasteiger partial charge in [0.1, 0.15) is 19.8 Å². The van der Waals surface area contributed by atoms with Crippen LogP contribution >= 0.6 is 7.82 Å². The van der Waals surface area contributed by atoms with Crippen LogP contribution in [-0.4, -0.2) is 74.9 Å². The van der Waals surface area contributed by atoms with Crippen LogP contribution in [-0.2, 0) is 32.7 Å². The maximum absolute atomic E-state index is 12.3. The lowest BCUT2D eigenvalue weighted by atomic mass is 10.0. The Bertz CT molecular complexity index is 927. The quantitative estimate of drug-likeness (QED) is 0.0280. The average Bonchev–Trinajstić information content (AvgIpc) is 3.14. The summed E-state index contributed by atoms with van der Waals surface area (Å²) in [5.41, 5.74) is 0. The third kappa shape index (κ3) is 42.6. The first kappa shape index (κ1) is 55.0. The Balaban J connectivity index is 3.60. The first-order valence-electron chi connectivity index (χ1n) is 23.8. The second-order valence-corrected chi connectivity index (χ2v) is 19.0. The molecule has 9 nitrogen and oxygen atoms in total. The Morgan fingerprint density at radius 3 is 1.18 bits per heavy atom. The van der Waals surface area contributed by atoms with Crippen LogP contribution in [0.5, 0.6) is 0 Å². The number of nitrogens with zero attached hydrogens (tertiary/aromatic N) is 1. The van der Waals surface area contributed by atoms with Gasteiger partial charge < -0.3 is 18.9 Å². The van der Waals surface area contributed by atoms with E-state index in [-0.39, 0.29) is 25.6 Å². The zero-order chi connectivity index (χ0) is 41.4. The van der Waals surface area contributed by atoms with Gasteiger partial charge in [-0.15, -0.1) is 0 Å². The lowest BCUT2D eigenvalue weighted by molar-refractivity contribution is -0.870. The van der Waals surface area contributed by atoms with E-state index in [1.54, 1.807) is 0 Å². The van der Waals surface area contributed by atoms with Gasteiger partial charge in [-0.05, 0) is 12.8 Å². The summed E-state index contributed by atoms with van der Waals surface area (Å²) >= 11 is 0. The summed E-state index contributed by atoms with van der Waals surface area (Å²) in [7, 11) is 1.48. The molecule has 0 heterocycles. The first-order valence-corrected chi connectivity index (χ1v) is 25.3. The number of esters is 2. The molecule has 0 rings (SSSR count). The number of carbonyl (C=O) groups is 2. The minimum absolute atomic E-state index is 0.0340. The topological polar surface area (TPSA) is 108 Å². The van der Waals surface area contributed by atoms with Gasteiger partial charge in [0.2, 0.25) is 0 Å². The van der Waals surface area contributed by atoms with E-state index in [1.165, 1.54) is 180 Å². The smallest absolute Gasteiger partial charge is 0.462 e. The van der Waals surface area contributed by atoms with Crippen molar-refractivity contribution >= 4 is 19.8 Å². The zero-order valence-corrected chi connectivity index (χ0v) is 38.5. The summed E-state index contributed by atoms with van der Waals surface area (Å²) in [6.07, 6.45) is 42.3. The molecule has 0 aromatic heterocycles. The maximum Gasteiger partial charge on any atom is 0.472 e. The van der Waals surface area contributed by atoms with Crippen molar-refractivity contribution in [3.8, 4) is 0 Å². The van der Waals surface area contributed by atoms with Gasteiger partial charge in [-0.1, -0.05) is 206 Å². The number of unbranched alkanes of at least 4 members (excludes halogenated alkanes) is 30. The van der Waals surface area contributed by atoms with Crippen molar-refractivity contribution in [3.63, 3.8) is 0 Å². The van der Waals surface area contributed by atoms with Crippen molar-refractivity contribution in [2.75, 3.05) is 47.5 Å². The molecule has 0 aromatic rings. The molecule has 0 aliphatic heterocycles. The molecule has 0 aliphatic carbocycles. The molecule has 0 aromatic carbocycles. The fraction of sp³-hybridized carbons (Fsp3) is 0.957. The maximum atomic E-state index is 12.3. The minimum Gasteiger partial charge on any atom is -0.462 e. The zero-order valence-electron chi connectivity index (χ0n) is 37.6. The predicted octanol–water partition coefficient (Wildman–Crippen LogP) is 13.6. The Morgan fingerprint density at radius 2 is 0.839 bits per heavy atom. The normalized spacial score (nSPS) is 13.5. The van der Waals surface area contributed by atoms with Crippen molar-refractivity contribution in [1.82, 2.24) is 0 Å². The molecule has 0 radical (unpaired) electrons. The van der Waals surface area contributed by atoms with Crippen molar-refractivity contribution in [3.05, 3.63) is 0 Å². The molecular formula is C46H93NO8P+. The van der Waals surface area contributed by atoms with E-state index in [9.17, 15) is 19.0 Å².